The summed E-state index contributed by atoms with van der Waals surface area (Å²) in [5.74, 6) is -0.391. The lowest BCUT2D eigenvalue weighted by atomic mass is 10.2. The number of aromatic nitrogens is 1. The van der Waals surface area contributed by atoms with E-state index in [1.165, 1.54) is 29.5 Å². The van der Waals surface area contributed by atoms with E-state index in [0.29, 0.717) is 5.13 Å². The molecule has 0 bridgehead atoms. The van der Waals surface area contributed by atoms with Crippen molar-refractivity contribution < 1.29 is 13.2 Å². The summed E-state index contributed by atoms with van der Waals surface area (Å²) < 4.78 is 24.8. The summed E-state index contributed by atoms with van der Waals surface area (Å²) in [6.07, 6.45) is 1.01. The number of aryl methyl sites for hydroxylation is 1. The van der Waals surface area contributed by atoms with Gasteiger partial charge in [-0.1, -0.05) is 11.6 Å². The molecule has 0 unspecified atom stereocenters. The number of anilines is 2. The average molecular weight is 346 g/mol. The van der Waals surface area contributed by atoms with Crippen molar-refractivity contribution in [3.8, 4) is 0 Å². The monoisotopic (exact) mass is 345 g/mol. The maximum Gasteiger partial charge on any atom is 0.257 e. The molecule has 2 aromatic rings. The van der Waals surface area contributed by atoms with Crippen LogP contribution in [0.3, 0.4) is 0 Å². The van der Waals surface area contributed by atoms with Crippen LogP contribution in [-0.2, 0) is 10.0 Å². The second kappa shape index (κ2) is 6.00. The van der Waals surface area contributed by atoms with E-state index in [1.54, 1.807) is 0 Å². The zero-order chi connectivity index (χ0) is 15.6. The van der Waals surface area contributed by atoms with E-state index in [1.807, 2.05) is 12.3 Å². The standard InChI is InChI=1S/C12H12ClN3O3S2/c1-7-6-20-12(14-7)15-11(17)8-3-4-9(13)10(5-8)16-21(2,18)19/h3-6,16H,1-2H3,(H,14,15,17). The minimum absolute atomic E-state index is 0.155. The molecular formula is C12H12ClN3O3S2. The number of nitrogens with zero attached hydrogens (tertiary/aromatic N) is 1. The average Bonchev–Trinajstić information content (AvgIpc) is 2.75. The first-order chi connectivity index (χ1) is 9.74. The molecule has 0 fully saturated rings. The number of rotatable bonds is 4. The SMILES string of the molecule is Cc1csc(NC(=O)c2ccc(Cl)c(NS(C)(=O)=O)c2)n1. The molecule has 0 aliphatic rings. The van der Waals surface area contributed by atoms with Gasteiger partial charge in [-0.15, -0.1) is 11.3 Å². The number of benzene rings is 1. The molecular weight excluding hydrogens is 334 g/mol. The van der Waals surface area contributed by atoms with Crippen molar-refractivity contribution in [2.75, 3.05) is 16.3 Å². The Kier molecular flexibility index (Phi) is 4.50. The van der Waals surface area contributed by atoms with Crippen LogP contribution in [-0.4, -0.2) is 25.6 Å². The van der Waals surface area contributed by atoms with Crippen LogP contribution in [0, 0.1) is 6.92 Å². The van der Waals surface area contributed by atoms with E-state index in [-0.39, 0.29) is 16.3 Å². The Labute approximate surface area is 131 Å². The summed E-state index contributed by atoms with van der Waals surface area (Å²) in [6, 6.07) is 4.34. The Morgan fingerprint density at radius 3 is 2.67 bits per heavy atom. The predicted molar refractivity (Wildman–Crippen MR) is 84.7 cm³/mol. The molecule has 6 nitrogen and oxygen atoms in total. The number of carbonyl (C=O) groups is 1. The second-order valence-corrected chi connectivity index (χ2v) is 7.33. The number of carbonyl (C=O) groups excluding carboxylic acids is 1. The highest BCUT2D eigenvalue weighted by atomic mass is 35.5. The largest absolute Gasteiger partial charge is 0.298 e. The molecule has 0 aliphatic carbocycles. The van der Waals surface area contributed by atoms with Crippen molar-refractivity contribution in [2.45, 2.75) is 6.92 Å². The summed E-state index contributed by atoms with van der Waals surface area (Å²) in [5.41, 5.74) is 1.24. The molecule has 1 heterocycles. The smallest absolute Gasteiger partial charge is 0.257 e. The number of nitrogens with one attached hydrogen (secondary N) is 2. The van der Waals surface area contributed by atoms with Gasteiger partial charge >= 0.3 is 0 Å². The number of sulfonamides is 1. The van der Waals surface area contributed by atoms with Crippen LogP contribution >= 0.6 is 22.9 Å². The summed E-state index contributed by atoms with van der Waals surface area (Å²) in [6.45, 7) is 1.82. The van der Waals surface area contributed by atoms with Crippen LogP contribution in [0.2, 0.25) is 5.02 Å². The molecule has 0 aliphatic heterocycles. The molecule has 0 saturated carbocycles. The minimum atomic E-state index is -3.47. The van der Waals surface area contributed by atoms with Gasteiger partial charge in [0.15, 0.2) is 5.13 Å². The van der Waals surface area contributed by atoms with Gasteiger partial charge in [0.05, 0.1) is 22.7 Å². The Morgan fingerprint density at radius 2 is 2.10 bits per heavy atom. The normalized spacial score (nSPS) is 11.2. The zero-order valence-corrected chi connectivity index (χ0v) is 13.6. The molecule has 1 aromatic heterocycles. The van der Waals surface area contributed by atoms with Gasteiger partial charge in [0.25, 0.3) is 5.91 Å². The first-order valence-electron chi connectivity index (χ1n) is 5.75. The highest BCUT2D eigenvalue weighted by Crippen LogP contribution is 2.24. The van der Waals surface area contributed by atoms with Gasteiger partial charge in [-0.25, -0.2) is 13.4 Å². The molecule has 0 saturated heterocycles. The topological polar surface area (TPSA) is 88.2 Å². The van der Waals surface area contributed by atoms with E-state index in [4.69, 9.17) is 11.6 Å². The minimum Gasteiger partial charge on any atom is -0.298 e. The fourth-order valence-corrected chi connectivity index (χ4v) is 3.00. The zero-order valence-electron chi connectivity index (χ0n) is 11.2. The van der Waals surface area contributed by atoms with Crippen molar-refractivity contribution in [2.24, 2.45) is 0 Å². The Balaban J connectivity index is 2.23. The van der Waals surface area contributed by atoms with E-state index < -0.39 is 15.9 Å². The number of hydrogen-bond acceptors (Lipinski definition) is 5. The highest BCUT2D eigenvalue weighted by molar-refractivity contribution is 7.92. The third kappa shape index (κ3) is 4.42. The summed E-state index contributed by atoms with van der Waals surface area (Å²) in [5, 5.41) is 5.14. The molecule has 2 rings (SSSR count). The van der Waals surface area contributed by atoms with Gasteiger partial charge in [0.2, 0.25) is 10.0 Å². The van der Waals surface area contributed by atoms with Gasteiger partial charge in [-0.05, 0) is 25.1 Å². The van der Waals surface area contributed by atoms with Gasteiger partial charge in [-0.3, -0.25) is 14.8 Å². The number of amides is 1. The Morgan fingerprint density at radius 1 is 1.38 bits per heavy atom. The van der Waals surface area contributed by atoms with E-state index in [2.05, 4.69) is 15.0 Å². The fraction of sp³-hybridized carbons (Fsp3) is 0.167. The van der Waals surface area contributed by atoms with E-state index >= 15 is 0 Å². The molecule has 1 aromatic carbocycles. The summed E-state index contributed by atoms with van der Waals surface area (Å²) in [7, 11) is -3.47. The quantitative estimate of drug-likeness (QED) is 0.891. The molecule has 9 heteroatoms. The van der Waals surface area contributed by atoms with Crippen LogP contribution in [0.5, 0.6) is 0 Å². The van der Waals surface area contributed by atoms with Crippen LogP contribution in [0.4, 0.5) is 10.8 Å². The van der Waals surface area contributed by atoms with Crippen molar-refractivity contribution in [1.82, 2.24) is 4.98 Å². The second-order valence-electron chi connectivity index (χ2n) is 4.32. The van der Waals surface area contributed by atoms with Crippen molar-refractivity contribution in [3.05, 3.63) is 39.9 Å². The van der Waals surface area contributed by atoms with Crippen molar-refractivity contribution in [3.63, 3.8) is 0 Å². The molecule has 0 spiro atoms. The summed E-state index contributed by atoms with van der Waals surface area (Å²) in [4.78, 5) is 16.2. The Bertz CT molecular complexity index is 787. The van der Waals surface area contributed by atoms with Gasteiger partial charge in [0.1, 0.15) is 0 Å². The van der Waals surface area contributed by atoms with Crippen molar-refractivity contribution >= 4 is 49.7 Å². The third-order valence-corrected chi connectivity index (χ3v) is 4.16. The molecule has 0 radical (unpaired) electrons. The van der Waals surface area contributed by atoms with Crippen LogP contribution in [0.15, 0.2) is 23.6 Å². The van der Waals surface area contributed by atoms with Gasteiger partial charge in [0, 0.05) is 10.9 Å². The van der Waals surface area contributed by atoms with E-state index in [9.17, 15) is 13.2 Å². The lowest BCUT2D eigenvalue weighted by molar-refractivity contribution is 0.102. The maximum absolute atomic E-state index is 12.1. The first-order valence-corrected chi connectivity index (χ1v) is 8.90. The molecule has 1 amide bonds. The highest BCUT2D eigenvalue weighted by Gasteiger charge is 2.13. The van der Waals surface area contributed by atoms with Gasteiger partial charge < -0.3 is 0 Å². The summed E-state index contributed by atoms with van der Waals surface area (Å²) >= 11 is 7.21. The van der Waals surface area contributed by atoms with Crippen molar-refractivity contribution in [1.29, 1.82) is 0 Å². The lowest BCUT2D eigenvalue weighted by Crippen LogP contribution is -2.14. The van der Waals surface area contributed by atoms with Gasteiger partial charge in [-0.2, -0.15) is 0 Å². The predicted octanol–water partition coefficient (Wildman–Crippen LogP) is 2.73. The fourth-order valence-electron chi connectivity index (χ4n) is 1.53. The molecule has 21 heavy (non-hydrogen) atoms. The van der Waals surface area contributed by atoms with E-state index in [0.717, 1.165) is 11.9 Å². The third-order valence-electron chi connectivity index (χ3n) is 2.36. The maximum atomic E-state index is 12.1. The van der Waals surface area contributed by atoms with Crippen LogP contribution in [0.1, 0.15) is 16.1 Å². The molecule has 0 atom stereocenters. The van der Waals surface area contributed by atoms with Crippen LogP contribution < -0.4 is 10.0 Å². The first kappa shape index (κ1) is 15.7. The Hall–Kier alpha value is -1.64. The number of thiazole rings is 1. The molecule has 112 valence electrons. The number of hydrogen-bond donors (Lipinski definition) is 2. The van der Waals surface area contributed by atoms with Crippen LogP contribution in [0.25, 0.3) is 0 Å². The molecule has 2 N–H and O–H groups in total. The number of halogens is 1. The lowest BCUT2D eigenvalue weighted by Gasteiger charge is -2.08.